The fraction of sp³-hybridized carbons (Fsp3) is 0.111. The molecule has 2 aromatic carbocycles. The van der Waals surface area contributed by atoms with Crippen molar-refractivity contribution in [3.05, 3.63) is 98.2 Å². The predicted octanol–water partition coefficient (Wildman–Crippen LogP) is 1.88. The van der Waals surface area contributed by atoms with E-state index >= 15 is 0 Å². The molecule has 0 radical (unpaired) electrons. The van der Waals surface area contributed by atoms with E-state index in [0.29, 0.717) is 0 Å². The number of nitrogens with one attached hydrogen (secondary N) is 1. The van der Waals surface area contributed by atoms with E-state index in [1.807, 2.05) is 60.7 Å². The number of aromatic nitrogens is 2. The molecule has 0 aliphatic rings. The maximum absolute atomic E-state index is 12.6. The summed E-state index contributed by atoms with van der Waals surface area (Å²) in [6, 6.07) is 18.6. The van der Waals surface area contributed by atoms with Crippen LogP contribution < -0.4 is 11.2 Å². The maximum Gasteiger partial charge on any atom is 0.331 e. The van der Waals surface area contributed by atoms with Crippen molar-refractivity contribution in [1.82, 2.24) is 9.55 Å². The summed E-state index contributed by atoms with van der Waals surface area (Å²) in [5.41, 5.74) is 0.827. The molecular weight excluding hydrogens is 292 g/mol. The van der Waals surface area contributed by atoms with E-state index in [-0.39, 0.29) is 24.4 Å². The lowest BCUT2D eigenvalue weighted by atomic mass is 10.1. The molecule has 1 aromatic heterocycles. The second kappa shape index (κ2) is 6.36. The van der Waals surface area contributed by atoms with Gasteiger partial charge < -0.3 is 5.11 Å². The summed E-state index contributed by atoms with van der Waals surface area (Å²) in [5, 5.41) is 9.96. The fourth-order valence-corrected chi connectivity index (χ4v) is 2.47. The summed E-state index contributed by atoms with van der Waals surface area (Å²) in [6.07, 6.45) is 0.261. The lowest BCUT2D eigenvalue weighted by Crippen LogP contribution is -2.37. The Balaban J connectivity index is 2.03. The quantitative estimate of drug-likeness (QED) is 0.773. The lowest BCUT2D eigenvalue weighted by Gasteiger charge is -2.09. The van der Waals surface area contributed by atoms with Gasteiger partial charge in [0.2, 0.25) is 5.88 Å². The summed E-state index contributed by atoms with van der Waals surface area (Å²) in [6.45, 7) is 0.164. The fourth-order valence-electron chi connectivity index (χ4n) is 2.47. The van der Waals surface area contributed by atoms with Gasteiger partial charge in [0.15, 0.2) is 0 Å². The second-order valence-corrected chi connectivity index (χ2v) is 5.30. The standard InChI is InChI=1S/C18H16N2O3/c21-16-15(11-13-7-3-1-4-8-13)17(22)20(18(23)19-16)12-14-9-5-2-6-10-14/h1-10,21H,11-12H2,(H,19,23). The average molecular weight is 308 g/mol. The second-order valence-electron chi connectivity index (χ2n) is 5.30. The number of nitrogens with zero attached hydrogens (tertiary/aromatic N) is 1. The molecule has 0 atom stereocenters. The van der Waals surface area contributed by atoms with Crippen LogP contribution in [0.2, 0.25) is 0 Å². The van der Waals surface area contributed by atoms with E-state index in [4.69, 9.17) is 0 Å². The summed E-state index contributed by atoms with van der Waals surface area (Å²) < 4.78 is 1.10. The highest BCUT2D eigenvalue weighted by Crippen LogP contribution is 2.12. The summed E-state index contributed by atoms with van der Waals surface area (Å²) in [5.74, 6) is -0.367. The average Bonchev–Trinajstić information content (AvgIpc) is 2.57. The number of hydrogen-bond acceptors (Lipinski definition) is 3. The first-order valence-electron chi connectivity index (χ1n) is 7.28. The molecule has 0 spiro atoms. The van der Waals surface area contributed by atoms with E-state index < -0.39 is 11.2 Å². The van der Waals surface area contributed by atoms with Gasteiger partial charge in [-0.15, -0.1) is 0 Å². The molecule has 5 nitrogen and oxygen atoms in total. The van der Waals surface area contributed by atoms with Crippen molar-refractivity contribution in [2.45, 2.75) is 13.0 Å². The number of aromatic hydroxyl groups is 1. The van der Waals surface area contributed by atoms with E-state index in [0.717, 1.165) is 15.7 Å². The van der Waals surface area contributed by atoms with Crippen LogP contribution in [0.3, 0.4) is 0 Å². The molecule has 5 heteroatoms. The van der Waals surface area contributed by atoms with E-state index in [1.165, 1.54) is 0 Å². The van der Waals surface area contributed by atoms with Gasteiger partial charge in [-0.25, -0.2) is 4.79 Å². The van der Waals surface area contributed by atoms with E-state index in [9.17, 15) is 14.7 Å². The van der Waals surface area contributed by atoms with Crippen LogP contribution in [-0.4, -0.2) is 14.7 Å². The molecule has 0 aliphatic carbocycles. The van der Waals surface area contributed by atoms with Gasteiger partial charge in [-0.1, -0.05) is 60.7 Å². The first-order valence-corrected chi connectivity index (χ1v) is 7.28. The monoisotopic (exact) mass is 308 g/mol. The summed E-state index contributed by atoms with van der Waals surface area (Å²) >= 11 is 0. The number of benzene rings is 2. The van der Waals surface area contributed by atoms with Crippen LogP contribution in [0.25, 0.3) is 0 Å². The van der Waals surface area contributed by atoms with Gasteiger partial charge in [0, 0.05) is 6.42 Å². The SMILES string of the molecule is O=c1[nH]c(O)c(Cc2ccccc2)c(=O)n1Cc1ccccc1. The Morgan fingerprint density at radius 3 is 2.04 bits per heavy atom. The molecule has 3 aromatic rings. The van der Waals surface area contributed by atoms with E-state index in [2.05, 4.69) is 4.98 Å². The molecular formula is C18H16N2O3. The van der Waals surface area contributed by atoms with Crippen LogP contribution >= 0.6 is 0 Å². The Kier molecular flexibility index (Phi) is 4.10. The third kappa shape index (κ3) is 3.23. The first kappa shape index (κ1) is 14.8. The van der Waals surface area contributed by atoms with Gasteiger partial charge in [0.25, 0.3) is 5.56 Å². The van der Waals surface area contributed by atoms with Crippen molar-refractivity contribution in [1.29, 1.82) is 0 Å². The third-order valence-corrected chi connectivity index (χ3v) is 3.67. The van der Waals surface area contributed by atoms with Gasteiger partial charge >= 0.3 is 5.69 Å². The smallest absolute Gasteiger partial charge is 0.331 e. The summed E-state index contributed by atoms with van der Waals surface area (Å²) in [4.78, 5) is 27.0. The van der Waals surface area contributed by atoms with Crippen LogP contribution in [-0.2, 0) is 13.0 Å². The zero-order valence-corrected chi connectivity index (χ0v) is 12.4. The van der Waals surface area contributed by atoms with Gasteiger partial charge in [-0.3, -0.25) is 14.3 Å². The third-order valence-electron chi connectivity index (χ3n) is 3.67. The molecule has 23 heavy (non-hydrogen) atoms. The van der Waals surface area contributed by atoms with Crippen molar-refractivity contribution in [3.63, 3.8) is 0 Å². The highest BCUT2D eigenvalue weighted by Gasteiger charge is 2.14. The minimum Gasteiger partial charge on any atom is -0.494 e. The van der Waals surface area contributed by atoms with E-state index in [1.54, 1.807) is 0 Å². The van der Waals surface area contributed by atoms with Crippen LogP contribution in [0.4, 0.5) is 0 Å². The van der Waals surface area contributed by atoms with Gasteiger partial charge in [-0.2, -0.15) is 0 Å². The zero-order valence-electron chi connectivity index (χ0n) is 12.4. The van der Waals surface area contributed by atoms with Gasteiger partial charge in [-0.05, 0) is 11.1 Å². The highest BCUT2D eigenvalue weighted by molar-refractivity contribution is 5.30. The molecule has 116 valence electrons. The Morgan fingerprint density at radius 1 is 0.870 bits per heavy atom. The maximum atomic E-state index is 12.6. The van der Waals surface area contributed by atoms with Gasteiger partial charge in [0.1, 0.15) is 0 Å². The number of rotatable bonds is 4. The molecule has 0 unspecified atom stereocenters. The molecule has 0 amide bonds. The lowest BCUT2D eigenvalue weighted by molar-refractivity contribution is 0.435. The Hall–Kier alpha value is -3.08. The normalized spacial score (nSPS) is 10.6. The van der Waals surface area contributed by atoms with Crippen LogP contribution in [0, 0.1) is 0 Å². The Morgan fingerprint density at radius 2 is 1.43 bits per heavy atom. The first-order chi connectivity index (χ1) is 11.1. The largest absolute Gasteiger partial charge is 0.494 e. The van der Waals surface area contributed by atoms with Crippen molar-refractivity contribution >= 4 is 0 Å². The Bertz CT molecular complexity index is 912. The minimum absolute atomic E-state index is 0.164. The minimum atomic E-state index is -0.617. The number of H-pyrrole nitrogens is 1. The molecule has 0 saturated heterocycles. The van der Waals surface area contributed by atoms with Gasteiger partial charge in [0.05, 0.1) is 12.1 Å². The molecule has 0 saturated carbocycles. The topological polar surface area (TPSA) is 75.1 Å². The number of aromatic amines is 1. The van der Waals surface area contributed by atoms with Crippen molar-refractivity contribution < 1.29 is 5.11 Å². The molecule has 1 heterocycles. The van der Waals surface area contributed by atoms with Crippen LogP contribution in [0.5, 0.6) is 5.88 Å². The van der Waals surface area contributed by atoms with Crippen molar-refractivity contribution in [3.8, 4) is 5.88 Å². The molecule has 3 rings (SSSR count). The molecule has 0 fully saturated rings. The van der Waals surface area contributed by atoms with Crippen LogP contribution in [0.15, 0.2) is 70.3 Å². The summed E-state index contributed by atoms with van der Waals surface area (Å²) in [7, 11) is 0. The molecule has 0 bridgehead atoms. The van der Waals surface area contributed by atoms with Crippen molar-refractivity contribution in [2.75, 3.05) is 0 Å². The highest BCUT2D eigenvalue weighted by atomic mass is 16.3. The van der Waals surface area contributed by atoms with Crippen molar-refractivity contribution in [2.24, 2.45) is 0 Å². The molecule has 2 N–H and O–H groups in total. The number of hydrogen-bond donors (Lipinski definition) is 2. The zero-order chi connectivity index (χ0) is 16.2. The Labute approximate surface area is 132 Å². The predicted molar refractivity (Wildman–Crippen MR) is 87.8 cm³/mol. The van der Waals surface area contributed by atoms with Crippen LogP contribution in [0.1, 0.15) is 16.7 Å². The molecule has 0 aliphatic heterocycles.